The van der Waals surface area contributed by atoms with Crippen molar-refractivity contribution < 1.29 is 19.2 Å². The molecular formula is C21H22N4O4. The molecule has 0 radical (unpaired) electrons. The highest BCUT2D eigenvalue weighted by molar-refractivity contribution is 6.01. The van der Waals surface area contributed by atoms with E-state index in [9.17, 15) is 19.2 Å². The molecule has 1 fully saturated rings. The Balaban J connectivity index is 1.47. The van der Waals surface area contributed by atoms with Gasteiger partial charge in [-0.1, -0.05) is 18.2 Å². The number of hydrogen-bond acceptors (Lipinski definition) is 4. The van der Waals surface area contributed by atoms with Crippen LogP contribution < -0.4 is 20.9 Å². The summed E-state index contributed by atoms with van der Waals surface area (Å²) in [5.74, 6) is -1.49. The van der Waals surface area contributed by atoms with E-state index in [0.717, 1.165) is 5.69 Å². The Bertz CT molecular complexity index is 912. The Morgan fingerprint density at radius 3 is 2.21 bits per heavy atom. The second kappa shape index (κ2) is 9.01. The Morgan fingerprint density at radius 1 is 0.966 bits per heavy atom. The Kier molecular flexibility index (Phi) is 6.23. The van der Waals surface area contributed by atoms with Gasteiger partial charge in [0.05, 0.1) is 12.5 Å². The van der Waals surface area contributed by atoms with Gasteiger partial charge in [0.15, 0.2) is 0 Å². The van der Waals surface area contributed by atoms with Crippen molar-refractivity contribution in [1.82, 2.24) is 5.32 Å². The zero-order valence-electron chi connectivity index (χ0n) is 16.0. The van der Waals surface area contributed by atoms with Crippen LogP contribution in [-0.2, 0) is 19.2 Å². The van der Waals surface area contributed by atoms with Crippen molar-refractivity contribution in [2.24, 2.45) is 5.92 Å². The van der Waals surface area contributed by atoms with E-state index in [1.165, 1.54) is 6.92 Å². The largest absolute Gasteiger partial charge is 0.347 e. The Labute approximate surface area is 168 Å². The molecule has 0 aliphatic carbocycles. The molecule has 0 unspecified atom stereocenters. The van der Waals surface area contributed by atoms with Gasteiger partial charge in [0.2, 0.25) is 23.6 Å². The second-order valence-corrected chi connectivity index (χ2v) is 6.77. The average molecular weight is 394 g/mol. The van der Waals surface area contributed by atoms with E-state index in [-0.39, 0.29) is 36.6 Å². The van der Waals surface area contributed by atoms with Crippen molar-refractivity contribution in [2.45, 2.75) is 13.3 Å². The molecule has 150 valence electrons. The second-order valence-electron chi connectivity index (χ2n) is 6.77. The predicted molar refractivity (Wildman–Crippen MR) is 109 cm³/mol. The lowest BCUT2D eigenvalue weighted by molar-refractivity contribution is -0.127. The van der Waals surface area contributed by atoms with Crippen molar-refractivity contribution in [1.29, 1.82) is 0 Å². The number of nitrogens with one attached hydrogen (secondary N) is 3. The lowest BCUT2D eigenvalue weighted by atomic mass is 10.1. The van der Waals surface area contributed by atoms with Crippen molar-refractivity contribution in [3.05, 3.63) is 54.6 Å². The smallest absolute Gasteiger partial charge is 0.243 e. The molecule has 3 N–H and O–H groups in total. The molecular weight excluding hydrogens is 372 g/mol. The molecule has 29 heavy (non-hydrogen) atoms. The third-order valence-corrected chi connectivity index (χ3v) is 4.48. The molecule has 2 aromatic rings. The van der Waals surface area contributed by atoms with E-state index < -0.39 is 5.92 Å². The van der Waals surface area contributed by atoms with E-state index >= 15 is 0 Å². The Morgan fingerprint density at radius 2 is 1.59 bits per heavy atom. The van der Waals surface area contributed by atoms with Gasteiger partial charge in [-0.15, -0.1) is 0 Å². The molecule has 0 bridgehead atoms. The summed E-state index contributed by atoms with van der Waals surface area (Å²) in [6, 6.07) is 15.8. The highest BCUT2D eigenvalue weighted by atomic mass is 16.2. The van der Waals surface area contributed by atoms with Crippen LogP contribution in [0.1, 0.15) is 13.3 Å². The van der Waals surface area contributed by atoms with Gasteiger partial charge in [0, 0.05) is 37.0 Å². The number of nitrogens with zero attached hydrogens (tertiary/aromatic N) is 1. The molecule has 1 saturated heterocycles. The van der Waals surface area contributed by atoms with Crippen LogP contribution in [0, 0.1) is 5.92 Å². The third kappa shape index (κ3) is 5.41. The number of anilines is 3. The summed E-state index contributed by atoms with van der Waals surface area (Å²) < 4.78 is 0. The number of para-hydroxylation sites is 1. The molecule has 3 rings (SSSR count). The summed E-state index contributed by atoms with van der Waals surface area (Å²) >= 11 is 0. The fourth-order valence-corrected chi connectivity index (χ4v) is 3.10. The fourth-order valence-electron chi connectivity index (χ4n) is 3.10. The van der Waals surface area contributed by atoms with Gasteiger partial charge in [0.25, 0.3) is 0 Å². The molecule has 4 amide bonds. The highest BCUT2D eigenvalue weighted by Gasteiger charge is 2.35. The summed E-state index contributed by atoms with van der Waals surface area (Å²) in [4.78, 5) is 49.2. The van der Waals surface area contributed by atoms with Crippen molar-refractivity contribution in [3.63, 3.8) is 0 Å². The third-order valence-electron chi connectivity index (χ3n) is 4.48. The van der Waals surface area contributed by atoms with Gasteiger partial charge >= 0.3 is 0 Å². The molecule has 8 nitrogen and oxygen atoms in total. The molecule has 0 saturated carbocycles. The first-order chi connectivity index (χ1) is 13.9. The molecule has 1 aliphatic heterocycles. The predicted octanol–water partition coefficient (Wildman–Crippen LogP) is 1.75. The summed E-state index contributed by atoms with van der Waals surface area (Å²) in [5, 5.41) is 7.89. The number of amides is 4. The maximum Gasteiger partial charge on any atom is 0.243 e. The van der Waals surface area contributed by atoms with Crippen LogP contribution in [0.3, 0.4) is 0 Å². The first kappa shape index (κ1) is 20.1. The fraction of sp³-hybridized carbons (Fsp3) is 0.238. The van der Waals surface area contributed by atoms with Gasteiger partial charge < -0.3 is 20.9 Å². The minimum Gasteiger partial charge on any atom is -0.347 e. The van der Waals surface area contributed by atoms with Crippen LogP contribution >= 0.6 is 0 Å². The number of carbonyl (C=O) groups excluding carboxylic acids is 4. The van der Waals surface area contributed by atoms with Gasteiger partial charge in [-0.3, -0.25) is 19.2 Å². The monoisotopic (exact) mass is 394 g/mol. The lowest BCUT2D eigenvalue weighted by Gasteiger charge is -2.16. The number of benzene rings is 2. The zero-order chi connectivity index (χ0) is 20.8. The van der Waals surface area contributed by atoms with Gasteiger partial charge in [-0.25, -0.2) is 0 Å². The van der Waals surface area contributed by atoms with Crippen molar-refractivity contribution >= 4 is 40.7 Å². The molecule has 1 heterocycles. The van der Waals surface area contributed by atoms with Crippen LogP contribution in [0.2, 0.25) is 0 Å². The number of rotatable bonds is 6. The van der Waals surface area contributed by atoms with E-state index in [1.807, 2.05) is 30.3 Å². The first-order valence-electron chi connectivity index (χ1n) is 9.23. The number of carbonyl (C=O) groups is 4. The average Bonchev–Trinajstić information content (AvgIpc) is 3.10. The topological polar surface area (TPSA) is 108 Å². The lowest BCUT2D eigenvalue weighted by Crippen LogP contribution is -2.37. The summed E-state index contributed by atoms with van der Waals surface area (Å²) in [6.45, 7) is 1.51. The zero-order valence-corrected chi connectivity index (χ0v) is 16.0. The Hall–Kier alpha value is -3.68. The van der Waals surface area contributed by atoms with Crippen LogP contribution in [0.15, 0.2) is 54.6 Å². The van der Waals surface area contributed by atoms with Crippen molar-refractivity contribution in [3.8, 4) is 0 Å². The van der Waals surface area contributed by atoms with E-state index in [0.29, 0.717) is 17.9 Å². The molecule has 2 aromatic carbocycles. The van der Waals surface area contributed by atoms with Crippen LogP contribution in [0.25, 0.3) is 0 Å². The van der Waals surface area contributed by atoms with E-state index in [1.54, 1.807) is 29.2 Å². The quantitative estimate of drug-likeness (QED) is 0.694. The minimum atomic E-state index is -0.493. The van der Waals surface area contributed by atoms with E-state index in [4.69, 9.17) is 0 Å². The SMILES string of the molecule is CC(=O)Nc1ccc(NC(=O)CNC(=O)[C@H]2CC(=O)N(c3ccccc3)C2)cc1. The van der Waals surface area contributed by atoms with E-state index in [2.05, 4.69) is 16.0 Å². The van der Waals surface area contributed by atoms with Gasteiger partial charge in [-0.2, -0.15) is 0 Å². The molecule has 0 aromatic heterocycles. The molecule has 1 aliphatic rings. The maximum atomic E-state index is 12.4. The van der Waals surface area contributed by atoms with Gasteiger partial charge in [-0.05, 0) is 36.4 Å². The van der Waals surface area contributed by atoms with Gasteiger partial charge in [0.1, 0.15) is 0 Å². The summed E-state index contributed by atoms with van der Waals surface area (Å²) in [7, 11) is 0. The van der Waals surface area contributed by atoms with Crippen LogP contribution in [0.5, 0.6) is 0 Å². The normalized spacial score (nSPS) is 15.7. The highest BCUT2D eigenvalue weighted by Crippen LogP contribution is 2.24. The molecule has 8 heteroatoms. The minimum absolute atomic E-state index is 0.111. The van der Waals surface area contributed by atoms with Crippen LogP contribution in [0.4, 0.5) is 17.1 Å². The standard InChI is InChI=1S/C21H22N4O4/c1-14(26)23-16-7-9-17(10-8-16)24-19(27)12-22-21(29)15-11-20(28)25(13-15)18-5-3-2-4-6-18/h2-10,15H,11-13H2,1H3,(H,22,29)(H,23,26)(H,24,27)/t15-/m0/s1. The summed E-state index contributed by atoms with van der Waals surface area (Å²) in [6.07, 6.45) is 0.118. The maximum absolute atomic E-state index is 12.4. The van der Waals surface area contributed by atoms with Crippen molar-refractivity contribution in [2.75, 3.05) is 28.6 Å². The molecule has 0 spiro atoms. The summed E-state index contributed by atoms with van der Waals surface area (Å²) in [5.41, 5.74) is 1.93. The number of hydrogen-bond donors (Lipinski definition) is 3. The molecule has 1 atom stereocenters. The first-order valence-corrected chi connectivity index (χ1v) is 9.23. The van der Waals surface area contributed by atoms with Crippen LogP contribution in [-0.4, -0.2) is 36.7 Å².